The normalized spacial score (nSPS) is 15.6. The van der Waals surface area contributed by atoms with Gasteiger partial charge in [0.1, 0.15) is 0 Å². The molecule has 6 rings (SSSR count). The van der Waals surface area contributed by atoms with Crippen LogP contribution in [-0.2, 0) is 13.1 Å². The average molecular weight is 687 g/mol. The van der Waals surface area contributed by atoms with Gasteiger partial charge in [0.15, 0.2) is 0 Å². The molecule has 2 aromatic carbocycles. The Bertz CT molecular complexity index is 1330. The van der Waals surface area contributed by atoms with Gasteiger partial charge in [0.2, 0.25) is 0 Å². The summed E-state index contributed by atoms with van der Waals surface area (Å²) in [7, 11) is -1.24. The van der Waals surface area contributed by atoms with Gasteiger partial charge in [-0.25, -0.2) is 0 Å². The molecule has 0 amide bonds. The van der Waals surface area contributed by atoms with Crippen LogP contribution in [0.15, 0.2) is 90.3 Å². The number of rotatable bonds is 12. The average Bonchev–Trinajstić information content (AvgIpc) is 3.86. The molecule has 2 saturated carbocycles. The highest BCUT2D eigenvalue weighted by atomic mass is 32.1. The molecule has 2 aromatic heterocycles. The summed E-state index contributed by atoms with van der Waals surface area (Å²) in [6, 6.07) is 36.9. The third kappa shape index (κ3) is 10.6. The molecular weight excluding hydrogens is 625 g/mol. The molecule has 0 unspecified atom stereocenters. The Morgan fingerprint density at radius 2 is 1.02 bits per heavy atom. The fraction of sp³-hybridized carbons (Fsp3) is 0.524. The van der Waals surface area contributed by atoms with E-state index in [1.54, 1.807) is 9.38 Å². The van der Waals surface area contributed by atoms with Crippen LogP contribution in [0.3, 0.4) is 0 Å². The molecule has 256 valence electrons. The number of para-hydroxylation sites is 2. The second-order valence-electron chi connectivity index (χ2n) is 13.2. The summed E-state index contributed by atoms with van der Waals surface area (Å²) in [6.45, 7) is 13.4. The van der Waals surface area contributed by atoms with Crippen molar-refractivity contribution in [2.75, 3.05) is 9.80 Å². The molecule has 0 atom stereocenters. The Hall–Kier alpha value is -2.34. The molecule has 0 N–H and O–H groups in total. The van der Waals surface area contributed by atoms with Crippen molar-refractivity contribution in [3.63, 3.8) is 0 Å². The van der Waals surface area contributed by atoms with Crippen molar-refractivity contribution < 1.29 is 0 Å². The molecular formula is C42H62N2S2Si. The van der Waals surface area contributed by atoms with Gasteiger partial charge in [0.25, 0.3) is 0 Å². The second kappa shape index (κ2) is 20.2. The predicted octanol–water partition coefficient (Wildman–Crippen LogP) is 12.9. The second-order valence-corrected chi connectivity index (χ2v) is 21.0. The van der Waals surface area contributed by atoms with Gasteiger partial charge in [0.05, 0.1) is 21.2 Å². The van der Waals surface area contributed by atoms with Gasteiger partial charge >= 0.3 is 0 Å². The lowest BCUT2D eigenvalue weighted by atomic mass is 9.93. The molecule has 47 heavy (non-hydrogen) atoms. The largest absolute Gasteiger partial charge is 0.363 e. The maximum absolute atomic E-state index is 2.70. The van der Waals surface area contributed by atoms with Crippen molar-refractivity contribution in [2.45, 2.75) is 142 Å². The first-order chi connectivity index (χ1) is 23.2. The van der Waals surface area contributed by atoms with E-state index in [4.69, 9.17) is 0 Å². The van der Waals surface area contributed by atoms with E-state index in [9.17, 15) is 0 Å². The standard InChI is InChI=1S/C23H35NSSi.C17H21NS.C2H6/c1-4-26(5-2,6-3)23-18-17-22(25-23)19-24(20-13-9-7-10-14-20)21-15-11-8-12-16-21;1-3-8-15(9-4-1)18(14-17-12-7-13-19-17)16-10-5-2-6-11-16;1-2/h7,9-10,13-14,17-18,21H,4-6,8,11-12,15-16,19H2,1-3H3;1,3-4,7-9,12-13,16H,2,5-6,10-11,14H2;1-2H3. The van der Waals surface area contributed by atoms with Crippen LogP contribution in [0.5, 0.6) is 0 Å². The van der Waals surface area contributed by atoms with Crippen molar-refractivity contribution in [3.8, 4) is 0 Å². The SMILES string of the molecule is CC.CC[Si](CC)(CC)c1ccc(CN(c2ccccc2)C2CCCCC2)s1.c1ccc(N(Cc2cccs2)C2CCCCC2)cc1. The summed E-state index contributed by atoms with van der Waals surface area (Å²) in [5.74, 6) is 0. The summed E-state index contributed by atoms with van der Waals surface area (Å²) in [6.07, 6.45) is 13.8. The van der Waals surface area contributed by atoms with E-state index in [1.807, 2.05) is 25.2 Å². The minimum Gasteiger partial charge on any atom is -0.363 e. The Morgan fingerprint density at radius 3 is 1.45 bits per heavy atom. The monoisotopic (exact) mass is 686 g/mol. The molecule has 2 fully saturated rings. The first-order valence-electron chi connectivity index (χ1n) is 18.9. The summed E-state index contributed by atoms with van der Waals surface area (Å²) in [4.78, 5) is 8.34. The van der Waals surface area contributed by atoms with Crippen LogP contribution in [0.2, 0.25) is 18.1 Å². The molecule has 2 aliphatic rings. The van der Waals surface area contributed by atoms with E-state index in [0.717, 1.165) is 19.1 Å². The summed E-state index contributed by atoms with van der Waals surface area (Å²) in [5, 5.41) is 2.18. The van der Waals surface area contributed by atoms with Crippen LogP contribution in [0.1, 0.15) is 109 Å². The molecule has 0 bridgehead atoms. The lowest BCUT2D eigenvalue weighted by molar-refractivity contribution is 0.414. The first kappa shape index (κ1) is 37.5. The van der Waals surface area contributed by atoms with Gasteiger partial charge < -0.3 is 9.80 Å². The van der Waals surface area contributed by atoms with Crippen molar-refractivity contribution in [3.05, 3.63) is 100 Å². The molecule has 2 nitrogen and oxygen atoms in total. The van der Waals surface area contributed by atoms with E-state index in [0.29, 0.717) is 6.04 Å². The van der Waals surface area contributed by atoms with Gasteiger partial charge in [-0.15, -0.1) is 22.7 Å². The van der Waals surface area contributed by atoms with Gasteiger partial charge in [-0.3, -0.25) is 0 Å². The molecule has 2 heterocycles. The highest BCUT2D eigenvalue weighted by Crippen LogP contribution is 2.32. The maximum Gasteiger partial charge on any atom is 0.0987 e. The summed E-state index contributed by atoms with van der Waals surface area (Å²) in [5.41, 5.74) is 2.78. The molecule has 0 spiro atoms. The van der Waals surface area contributed by atoms with Crippen molar-refractivity contribution in [1.82, 2.24) is 0 Å². The summed E-state index contributed by atoms with van der Waals surface area (Å²) >= 11 is 3.99. The highest BCUT2D eigenvalue weighted by molar-refractivity contribution is 7.27. The van der Waals surface area contributed by atoms with Crippen LogP contribution >= 0.6 is 22.7 Å². The quantitative estimate of drug-likeness (QED) is 0.137. The molecule has 5 heteroatoms. The van der Waals surface area contributed by atoms with Crippen LogP contribution in [-0.4, -0.2) is 20.2 Å². The van der Waals surface area contributed by atoms with Gasteiger partial charge in [-0.05, 0) is 72.0 Å². The fourth-order valence-corrected chi connectivity index (χ4v) is 14.6. The van der Waals surface area contributed by atoms with Gasteiger partial charge in [-0.1, -0.05) is 140 Å². The van der Waals surface area contributed by atoms with Crippen molar-refractivity contribution in [2.24, 2.45) is 0 Å². The Balaban J connectivity index is 0.000000211. The highest BCUT2D eigenvalue weighted by Gasteiger charge is 2.31. The van der Waals surface area contributed by atoms with Gasteiger partial charge in [0, 0.05) is 33.2 Å². The number of thiophene rings is 2. The lowest BCUT2D eigenvalue weighted by Crippen LogP contribution is -2.43. The van der Waals surface area contributed by atoms with E-state index in [1.165, 1.54) is 98.6 Å². The first-order valence-corrected chi connectivity index (χ1v) is 23.2. The van der Waals surface area contributed by atoms with E-state index in [2.05, 4.69) is 132 Å². The zero-order valence-corrected chi connectivity index (χ0v) is 32.8. The molecule has 0 aliphatic heterocycles. The zero-order valence-electron chi connectivity index (χ0n) is 30.1. The number of hydrogen-bond donors (Lipinski definition) is 0. The van der Waals surface area contributed by atoms with Gasteiger partial charge in [-0.2, -0.15) is 0 Å². The molecule has 2 aliphatic carbocycles. The maximum atomic E-state index is 2.70. The summed E-state index contributed by atoms with van der Waals surface area (Å²) < 4.78 is 1.73. The molecule has 0 saturated heterocycles. The van der Waals surface area contributed by atoms with E-state index < -0.39 is 8.07 Å². The smallest absolute Gasteiger partial charge is 0.0987 e. The van der Waals surface area contributed by atoms with Crippen LogP contribution in [0, 0.1) is 0 Å². The fourth-order valence-electron chi connectivity index (χ4n) is 7.65. The minimum atomic E-state index is -1.24. The minimum absolute atomic E-state index is 0.710. The Kier molecular flexibility index (Phi) is 16.1. The Morgan fingerprint density at radius 1 is 0.553 bits per heavy atom. The van der Waals surface area contributed by atoms with Crippen LogP contribution in [0.25, 0.3) is 0 Å². The molecule has 4 aromatic rings. The van der Waals surface area contributed by atoms with Crippen LogP contribution < -0.4 is 14.3 Å². The number of anilines is 2. The predicted molar refractivity (Wildman–Crippen MR) is 216 cm³/mol. The van der Waals surface area contributed by atoms with E-state index in [-0.39, 0.29) is 0 Å². The third-order valence-electron chi connectivity index (χ3n) is 10.7. The lowest BCUT2D eigenvalue weighted by Gasteiger charge is -2.36. The van der Waals surface area contributed by atoms with Crippen LogP contribution in [0.4, 0.5) is 11.4 Å². The zero-order chi connectivity index (χ0) is 33.3. The van der Waals surface area contributed by atoms with E-state index >= 15 is 0 Å². The van der Waals surface area contributed by atoms with Crippen molar-refractivity contribution >= 4 is 46.6 Å². The van der Waals surface area contributed by atoms with Crippen molar-refractivity contribution in [1.29, 1.82) is 0 Å². The third-order valence-corrected chi connectivity index (χ3v) is 19.3. The molecule has 0 radical (unpaired) electrons. The number of nitrogens with zero attached hydrogens (tertiary/aromatic N) is 2. The number of benzene rings is 2. The topological polar surface area (TPSA) is 6.48 Å². The Labute approximate surface area is 297 Å². The number of hydrogen-bond acceptors (Lipinski definition) is 4.